The van der Waals surface area contributed by atoms with Crippen LogP contribution in [-0.2, 0) is 4.79 Å². The molecule has 0 radical (unpaired) electrons. The van der Waals surface area contributed by atoms with Gasteiger partial charge in [-0.05, 0) is 24.3 Å². The van der Waals surface area contributed by atoms with Gasteiger partial charge in [-0.25, -0.2) is 9.97 Å². The van der Waals surface area contributed by atoms with Crippen LogP contribution in [0.25, 0.3) is 33.5 Å². The number of carbonyl (C=O) groups excluding carboxylic acids is 2. The summed E-state index contributed by atoms with van der Waals surface area (Å²) in [6.07, 6.45) is 1.60. The van der Waals surface area contributed by atoms with E-state index in [-0.39, 0.29) is 28.8 Å². The fourth-order valence-electron chi connectivity index (χ4n) is 3.30. The zero-order chi connectivity index (χ0) is 23.9. The molecule has 10 heteroatoms. The molecule has 0 bridgehead atoms. The molecular weight excluding hydrogens is 442 g/mol. The predicted molar refractivity (Wildman–Crippen MR) is 129 cm³/mol. The number of nitrogens with one attached hydrogen (secondary N) is 2. The number of hydrogen-bond acceptors (Lipinski definition) is 6. The maximum absolute atomic E-state index is 12.6. The van der Waals surface area contributed by atoms with E-state index in [9.17, 15) is 9.59 Å². The predicted octanol–water partition coefficient (Wildman–Crippen LogP) is 4.01. The molecule has 0 atom stereocenters. The summed E-state index contributed by atoms with van der Waals surface area (Å²) in [6, 6.07) is 10.5. The Bertz CT molecular complexity index is 1410. The van der Waals surface area contributed by atoms with Crippen LogP contribution >= 0.6 is 11.6 Å². The van der Waals surface area contributed by atoms with E-state index in [1.165, 1.54) is 0 Å². The molecular formula is C23H22ClN7O2. The van der Waals surface area contributed by atoms with Crippen molar-refractivity contribution >= 4 is 45.7 Å². The number of nitrogen functional groups attached to an aromatic ring is 1. The Kier molecular flexibility index (Phi) is 5.51. The van der Waals surface area contributed by atoms with E-state index in [2.05, 4.69) is 25.5 Å². The summed E-state index contributed by atoms with van der Waals surface area (Å²) in [6.45, 7) is 5.42. The van der Waals surface area contributed by atoms with Crippen LogP contribution in [0.15, 0.2) is 42.6 Å². The standard InChI is InChI=1S/C23H22ClN7O2/c1-23(2,3)22(33)28-14-7-5-4-6-11(14)21-29-18(17(25)19(30-21)20(26)32)16-12-10-27-31-15(12)9-8-13(16)24/h4-10H,25H2,1-3H3,(H2,26,32)(H,27,31)(H,28,33). The third-order valence-corrected chi connectivity index (χ3v) is 5.40. The lowest BCUT2D eigenvalue weighted by molar-refractivity contribution is -0.123. The van der Waals surface area contributed by atoms with Gasteiger partial charge in [0, 0.05) is 21.9 Å². The van der Waals surface area contributed by atoms with Crippen molar-refractivity contribution in [1.82, 2.24) is 20.2 Å². The summed E-state index contributed by atoms with van der Waals surface area (Å²) in [4.78, 5) is 33.8. The first-order valence-electron chi connectivity index (χ1n) is 10.1. The highest BCUT2D eigenvalue weighted by Crippen LogP contribution is 2.39. The number of para-hydroxylation sites is 1. The smallest absolute Gasteiger partial charge is 0.269 e. The summed E-state index contributed by atoms with van der Waals surface area (Å²) in [7, 11) is 0. The van der Waals surface area contributed by atoms with Gasteiger partial charge in [-0.15, -0.1) is 0 Å². The Morgan fingerprint density at radius 2 is 1.82 bits per heavy atom. The molecule has 0 fully saturated rings. The number of H-pyrrole nitrogens is 1. The lowest BCUT2D eigenvalue weighted by atomic mass is 9.95. The first kappa shape index (κ1) is 22.2. The van der Waals surface area contributed by atoms with Gasteiger partial charge in [0.1, 0.15) is 5.69 Å². The first-order chi connectivity index (χ1) is 15.6. The Morgan fingerprint density at radius 1 is 1.09 bits per heavy atom. The van der Waals surface area contributed by atoms with E-state index in [0.29, 0.717) is 32.7 Å². The minimum atomic E-state index is -0.816. The number of fused-ring (bicyclic) bond motifs is 1. The highest BCUT2D eigenvalue weighted by atomic mass is 35.5. The van der Waals surface area contributed by atoms with Gasteiger partial charge in [-0.2, -0.15) is 5.10 Å². The molecule has 2 amide bonds. The number of aromatic amines is 1. The molecule has 9 nitrogen and oxygen atoms in total. The molecule has 0 saturated carbocycles. The van der Waals surface area contributed by atoms with Crippen LogP contribution < -0.4 is 16.8 Å². The van der Waals surface area contributed by atoms with Crippen LogP contribution in [-0.4, -0.2) is 32.0 Å². The molecule has 0 aliphatic rings. The van der Waals surface area contributed by atoms with Gasteiger partial charge in [0.25, 0.3) is 5.91 Å². The average molecular weight is 464 g/mol. The third-order valence-electron chi connectivity index (χ3n) is 5.09. The van der Waals surface area contributed by atoms with Gasteiger partial charge >= 0.3 is 0 Å². The minimum absolute atomic E-state index is 0.00180. The average Bonchev–Trinajstić information content (AvgIpc) is 3.22. The van der Waals surface area contributed by atoms with Crippen molar-refractivity contribution in [3.05, 3.63) is 53.3 Å². The Labute approximate surface area is 194 Å². The maximum Gasteiger partial charge on any atom is 0.269 e. The molecule has 33 heavy (non-hydrogen) atoms. The molecule has 0 saturated heterocycles. The zero-order valence-electron chi connectivity index (χ0n) is 18.2. The van der Waals surface area contributed by atoms with E-state index >= 15 is 0 Å². The lowest BCUT2D eigenvalue weighted by Crippen LogP contribution is -2.28. The fraction of sp³-hybridized carbons (Fsp3) is 0.174. The van der Waals surface area contributed by atoms with Crippen molar-refractivity contribution in [2.24, 2.45) is 11.1 Å². The number of anilines is 2. The molecule has 4 aromatic rings. The maximum atomic E-state index is 12.6. The van der Waals surface area contributed by atoms with E-state index in [4.69, 9.17) is 23.1 Å². The monoisotopic (exact) mass is 463 g/mol. The second kappa shape index (κ2) is 8.18. The molecule has 168 valence electrons. The molecule has 6 N–H and O–H groups in total. The van der Waals surface area contributed by atoms with Crippen LogP contribution in [0.5, 0.6) is 0 Å². The number of halogens is 1. The van der Waals surface area contributed by atoms with Gasteiger partial charge in [-0.1, -0.05) is 44.5 Å². The number of primary amides is 1. The van der Waals surface area contributed by atoms with E-state index < -0.39 is 11.3 Å². The van der Waals surface area contributed by atoms with Gasteiger partial charge in [-0.3, -0.25) is 14.7 Å². The van der Waals surface area contributed by atoms with Crippen molar-refractivity contribution in [3.63, 3.8) is 0 Å². The number of amides is 2. The molecule has 0 aliphatic carbocycles. The molecule has 0 unspecified atom stereocenters. The molecule has 0 aliphatic heterocycles. The van der Waals surface area contributed by atoms with Crippen LogP contribution in [0.1, 0.15) is 31.3 Å². The number of aromatic nitrogens is 4. The molecule has 2 aromatic heterocycles. The number of benzene rings is 2. The molecule has 4 rings (SSSR count). The van der Waals surface area contributed by atoms with Crippen molar-refractivity contribution < 1.29 is 9.59 Å². The molecule has 2 aromatic carbocycles. The number of rotatable bonds is 4. The summed E-state index contributed by atoms with van der Waals surface area (Å²) in [5, 5.41) is 10.9. The van der Waals surface area contributed by atoms with E-state index in [1.807, 2.05) is 20.8 Å². The number of carbonyl (C=O) groups is 2. The largest absolute Gasteiger partial charge is 0.395 e. The normalized spacial score (nSPS) is 11.5. The van der Waals surface area contributed by atoms with E-state index in [1.54, 1.807) is 42.6 Å². The van der Waals surface area contributed by atoms with Crippen molar-refractivity contribution in [2.75, 3.05) is 11.1 Å². The molecule has 2 heterocycles. The topological polar surface area (TPSA) is 153 Å². The fourth-order valence-corrected chi connectivity index (χ4v) is 3.55. The van der Waals surface area contributed by atoms with Gasteiger partial charge in [0.15, 0.2) is 11.5 Å². The SMILES string of the molecule is CC(C)(C)C(=O)Nc1ccccc1-c1nc(C(N)=O)c(N)c(-c2c(Cl)ccc3[nH]ncc23)n1. The number of hydrogen-bond donors (Lipinski definition) is 4. The van der Waals surface area contributed by atoms with Crippen molar-refractivity contribution in [1.29, 1.82) is 0 Å². The van der Waals surface area contributed by atoms with Crippen molar-refractivity contribution in [3.8, 4) is 22.6 Å². The van der Waals surface area contributed by atoms with Gasteiger partial charge in [0.05, 0.1) is 28.1 Å². The van der Waals surface area contributed by atoms with Crippen LogP contribution in [0, 0.1) is 5.41 Å². The highest BCUT2D eigenvalue weighted by Gasteiger charge is 2.25. The van der Waals surface area contributed by atoms with Crippen molar-refractivity contribution in [2.45, 2.75) is 20.8 Å². The highest BCUT2D eigenvalue weighted by molar-refractivity contribution is 6.35. The Balaban J connectivity index is 1.97. The van der Waals surface area contributed by atoms with Crippen LogP contribution in [0.3, 0.4) is 0 Å². The van der Waals surface area contributed by atoms with Gasteiger partial charge < -0.3 is 16.8 Å². The summed E-state index contributed by atoms with van der Waals surface area (Å²) in [5.74, 6) is -0.842. The van der Waals surface area contributed by atoms with Crippen LogP contribution in [0.4, 0.5) is 11.4 Å². The lowest BCUT2D eigenvalue weighted by Gasteiger charge is -2.19. The zero-order valence-corrected chi connectivity index (χ0v) is 19.0. The van der Waals surface area contributed by atoms with Gasteiger partial charge in [0.2, 0.25) is 5.91 Å². The van der Waals surface area contributed by atoms with Crippen LogP contribution in [0.2, 0.25) is 5.02 Å². The summed E-state index contributed by atoms with van der Waals surface area (Å²) in [5.41, 5.74) is 13.5. The second-order valence-corrected chi connectivity index (χ2v) is 8.93. The minimum Gasteiger partial charge on any atom is -0.395 e. The summed E-state index contributed by atoms with van der Waals surface area (Å²) >= 11 is 6.52. The Morgan fingerprint density at radius 3 is 2.52 bits per heavy atom. The Hall–Kier alpha value is -3.98. The third kappa shape index (κ3) is 4.10. The quantitative estimate of drug-likeness (QED) is 0.358. The number of nitrogens with two attached hydrogens (primary N) is 2. The second-order valence-electron chi connectivity index (χ2n) is 8.53. The first-order valence-corrected chi connectivity index (χ1v) is 10.5. The van der Waals surface area contributed by atoms with E-state index in [0.717, 1.165) is 0 Å². The molecule has 0 spiro atoms. The summed E-state index contributed by atoms with van der Waals surface area (Å²) < 4.78 is 0. The number of nitrogens with zero attached hydrogens (tertiary/aromatic N) is 3.